The lowest BCUT2D eigenvalue weighted by atomic mass is 9.71. The standard InChI is InChI=1S/C35H64N4O6S2.C14H25NO4.C6H16N2S2.CH4/c1-32(2,3)44-30(42)38-25-34(15-9-7-10-16-34)23-28(40)36-19-13-21-46-27-47-22-14-20-37-29(41)24-35(17-11-8-12-18-35)26-39-31(43)45-33(4,5)6;1-13(2,3)19-12(18)15-10-14(9-11(16)17)7-5-4-6-8-14;7-3-1-5-9-10-6-2-4-8;/h7-27H2,1-6H3,(H,36,40)(H,37,41)(H,38,42)(H,39,43);4-10H2,1-3H3,(H,15,18)(H,16,17);1-8H2;1H4. The number of hydrogen-bond acceptors (Lipinski definition) is 15. The summed E-state index contributed by atoms with van der Waals surface area (Å²) in [5.74, 6) is 3.63. The van der Waals surface area contributed by atoms with E-state index >= 15 is 0 Å². The Balaban J connectivity index is 0.00000157. The smallest absolute Gasteiger partial charge is 0.407 e. The minimum atomic E-state index is -0.798. The minimum Gasteiger partial charge on any atom is -0.481 e. The quantitative estimate of drug-likeness (QED) is 0.0150. The zero-order chi connectivity index (χ0) is 57.0. The van der Waals surface area contributed by atoms with E-state index in [4.69, 9.17) is 30.8 Å². The Morgan fingerprint density at radius 3 is 1.03 bits per heavy atom. The average molecular weight is 1170 g/mol. The molecule has 0 spiro atoms. The second-order valence-corrected chi connectivity index (χ2v) is 29.2. The minimum absolute atomic E-state index is 0. The fourth-order valence-electron chi connectivity index (χ4n) is 9.39. The first-order chi connectivity index (χ1) is 35.7. The second-order valence-electron chi connectivity index (χ2n) is 23.9. The van der Waals surface area contributed by atoms with E-state index in [1.807, 2.05) is 86.7 Å². The monoisotopic (exact) mass is 1170 g/mol. The highest BCUT2D eigenvalue weighted by Gasteiger charge is 2.38. The van der Waals surface area contributed by atoms with Crippen molar-refractivity contribution < 1.29 is 48.1 Å². The van der Waals surface area contributed by atoms with Gasteiger partial charge in [0.05, 0.1) is 6.42 Å². The van der Waals surface area contributed by atoms with Crippen LogP contribution in [0.4, 0.5) is 14.4 Å². The van der Waals surface area contributed by atoms with E-state index in [0.29, 0.717) is 45.6 Å². The van der Waals surface area contributed by atoms with E-state index in [0.717, 1.165) is 139 Å². The van der Waals surface area contributed by atoms with Gasteiger partial charge in [0.2, 0.25) is 11.8 Å². The van der Waals surface area contributed by atoms with Gasteiger partial charge >= 0.3 is 24.2 Å². The molecular formula is C56H109N7O10S4. The summed E-state index contributed by atoms with van der Waals surface area (Å²) in [6, 6.07) is 0. The highest BCUT2D eigenvalue weighted by molar-refractivity contribution is 8.76. The Bertz CT molecular complexity index is 1560. The Kier molecular flexibility index (Phi) is 39.4. The van der Waals surface area contributed by atoms with Gasteiger partial charge in [-0.3, -0.25) is 14.4 Å². The molecule has 0 aromatic carbocycles. The Morgan fingerprint density at radius 1 is 0.455 bits per heavy atom. The van der Waals surface area contributed by atoms with Gasteiger partial charge in [-0.2, -0.15) is 23.5 Å². The summed E-state index contributed by atoms with van der Waals surface area (Å²) in [7, 11) is 3.80. The van der Waals surface area contributed by atoms with E-state index in [-0.39, 0.29) is 41.9 Å². The van der Waals surface area contributed by atoms with Crippen LogP contribution in [0.15, 0.2) is 0 Å². The summed E-state index contributed by atoms with van der Waals surface area (Å²) < 4.78 is 16.0. The SMILES string of the molecule is C.CC(C)(C)OC(=O)NCC1(CC(=O)NCCCSCSCCCNC(=O)CC2(CNC(=O)OC(C)(C)C)CCCCC2)CCCCC1.CC(C)(C)OC(=O)NCC1(CC(=O)O)CCCCC1.NCCCSSCCCN. The molecule has 452 valence electrons. The van der Waals surface area contributed by atoms with E-state index in [2.05, 4.69) is 26.6 Å². The van der Waals surface area contributed by atoms with Crippen molar-refractivity contribution in [3.05, 3.63) is 0 Å². The topological polar surface area (TPSA) is 263 Å². The molecule has 21 heteroatoms. The maximum Gasteiger partial charge on any atom is 0.407 e. The first-order valence-electron chi connectivity index (χ1n) is 28.2. The van der Waals surface area contributed by atoms with E-state index in [1.165, 1.54) is 24.3 Å². The molecular weight excluding hydrogens is 1060 g/mol. The zero-order valence-corrected chi connectivity index (χ0v) is 51.7. The molecule has 17 nitrogen and oxygen atoms in total. The first kappa shape index (κ1) is 74.5. The number of carboxylic acids is 1. The molecule has 0 unspecified atom stereocenters. The molecule has 0 saturated heterocycles. The average Bonchev–Trinajstić information content (AvgIpc) is 3.32. The molecule has 5 amide bonds. The number of rotatable bonds is 29. The molecule has 0 radical (unpaired) electrons. The van der Waals surface area contributed by atoms with Gasteiger partial charge in [0.15, 0.2) is 0 Å². The Morgan fingerprint density at radius 2 is 0.753 bits per heavy atom. The molecule has 0 atom stereocenters. The lowest BCUT2D eigenvalue weighted by Crippen LogP contribution is -2.44. The molecule has 0 bridgehead atoms. The number of nitrogens with two attached hydrogens (primary N) is 2. The third-order valence-electron chi connectivity index (χ3n) is 13.0. The van der Waals surface area contributed by atoms with Gasteiger partial charge in [-0.1, -0.05) is 86.8 Å². The number of ether oxygens (including phenoxy) is 3. The molecule has 0 aliphatic heterocycles. The van der Waals surface area contributed by atoms with Gasteiger partial charge in [-0.25, -0.2) is 14.4 Å². The molecule has 3 aliphatic rings. The van der Waals surface area contributed by atoms with Gasteiger partial charge in [0, 0.05) is 62.2 Å². The van der Waals surface area contributed by atoms with E-state index in [9.17, 15) is 28.8 Å². The number of amides is 5. The van der Waals surface area contributed by atoms with Gasteiger partial charge in [0.1, 0.15) is 16.8 Å². The fraction of sp³-hybridized carbons (Fsp3) is 0.893. The molecule has 0 aromatic rings. The summed E-state index contributed by atoms with van der Waals surface area (Å²) in [5.41, 5.74) is 8.34. The van der Waals surface area contributed by atoms with Crippen LogP contribution in [0, 0.1) is 16.2 Å². The molecule has 0 heterocycles. The maximum absolute atomic E-state index is 12.8. The summed E-state index contributed by atoms with van der Waals surface area (Å²) in [6.45, 7) is 20.8. The Labute approximate surface area is 482 Å². The highest BCUT2D eigenvalue weighted by Crippen LogP contribution is 2.41. The van der Waals surface area contributed by atoms with E-state index < -0.39 is 41.1 Å². The summed E-state index contributed by atoms with van der Waals surface area (Å²) in [5, 5.41) is 24.8. The van der Waals surface area contributed by atoms with Crippen LogP contribution in [0.25, 0.3) is 0 Å². The van der Waals surface area contributed by atoms with Gasteiger partial charge in [-0.15, -0.1) is 0 Å². The van der Waals surface area contributed by atoms with Crippen molar-refractivity contribution in [3.63, 3.8) is 0 Å². The number of carboxylic acid groups (broad SMARTS) is 1. The van der Waals surface area contributed by atoms with Crippen molar-refractivity contribution in [2.75, 3.05) is 73.9 Å². The molecule has 3 saturated carbocycles. The Hall–Kier alpha value is -2.46. The molecule has 77 heavy (non-hydrogen) atoms. The second kappa shape index (κ2) is 40.7. The van der Waals surface area contributed by atoms with Crippen LogP contribution in [-0.4, -0.2) is 132 Å². The normalized spacial score (nSPS) is 16.7. The number of carbonyl (C=O) groups excluding carboxylic acids is 5. The molecule has 0 aromatic heterocycles. The van der Waals surface area contributed by atoms with Crippen LogP contribution >= 0.6 is 45.1 Å². The molecule has 10 N–H and O–H groups in total. The molecule has 3 fully saturated rings. The number of hydrogen-bond donors (Lipinski definition) is 8. The fourth-order valence-corrected chi connectivity index (χ4v) is 13.7. The predicted molar refractivity (Wildman–Crippen MR) is 325 cm³/mol. The van der Waals surface area contributed by atoms with Crippen LogP contribution in [0.3, 0.4) is 0 Å². The number of carbonyl (C=O) groups is 6. The summed E-state index contributed by atoms with van der Waals surface area (Å²) in [4.78, 5) is 72.6. The third kappa shape index (κ3) is 40.4. The summed E-state index contributed by atoms with van der Waals surface area (Å²) in [6.07, 6.45) is 19.2. The lowest BCUT2D eigenvalue weighted by Gasteiger charge is -2.37. The van der Waals surface area contributed by atoms with E-state index in [1.54, 1.807) is 20.8 Å². The maximum atomic E-state index is 12.8. The zero-order valence-electron chi connectivity index (χ0n) is 48.5. The van der Waals surface area contributed by atoms with Crippen LogP contribution in [0.1, 0.15) is 211 Å². The van der Waals surface area contributed by atoms with Crippen molar-refractivity contribution in [1.82, 2.24) is 26.6 Å². The molecule has 3 rings (SSSR count). The van der Waals surface area contributed by atoms with Gasteiger partial charge in [-0.05, 0) is 167 Å². The predicted octanol–water partition coefficient (Wildman–Crippen LogP) is 11.8. The molecule has 3 aliphatic carbocycles. The van der Waals surface area contributed by atoms with Crippen LogP contribution in [0.2, 0.25) is 0 Å². The van der Waals surface area contributed by atoms with Crippen LogP contribution < -0.4 is 38.1 Å². The lowest BCUT2D eigenvalue weighted by molar-refractivity contribution is -0.140. The number of thioether (sulfide) groups is 2. The number of alkyl carbamates (subject to hydrolysis) is 3. The van der Waals surface area contributed by atoms with Crippen molar-refractivity contribution in [2.45, 2.75) is 228 Å². The van der Waals surface area contributed by atoms with Crippen molar-refractivity contribution in [1.29, 1.82) is 0 Å². The van der Waals surface area contributed by atoms with Gasteiger partial charge in [0.25, 0.3) is 0 Å². The number of aliphatic carboxylic acids is 1. The van der Waals surface area contributed by atoms with Crippen LogP contribution in [-0.2, 0) is 28.6 Å². The van der Waals surface area contributed by atoms with Crippen molar-refractivity contribution >= 4 is 81.2 Å². The highest BCUT2D eigenvalue weighted by atomic mass is 33.1. The first-order valence-corrected chi connectivity index (χ1v) is 33.0. The number of nitrogens with one attached hydrogen (secondary N) is 5. The van der Waals surface area contributed by atoms with Gasteiger partial charge < -0.3 is 57.4 Å². The third-order valence-corrected chi connectivity index (χ3v) is 18.1. The summed E-state index contributed by atoms with van der Waals surface area (Å²) >= 11 is 3.74. The largest absolute Gasteiger partial charge is 0.481 e. The van der Waals surface area contributed by atoms with Crippen LogP contribution in [0.5, 0.6) is 0 Å². The van der Waals surface area contributed by atoms with Crippen molar-refractivity contribution in [2.24, 2.45) is 27.7 Å². The van der Waals surface area contributed by atoms with Crippen molar-refractivity contribution in [3.8, 4) is 0 Å².